The van der Waals surface area contributed by atoms with Gasteiger partial charge in [-0.3, -0.25) is 9.36 Å². The van der Waals surface area contributed by atoms with Gasteiger partial charge < -0.3 is 9.64 Å². The van der Waals surface area contributed by atoms with E-state index < -0.39 is 0 Å². The number of nitrogens with one attached hydrogen (secondary N) is 1. The number of quaternary nitrogens is 1. The zero-order valence-electron chi connectivity index (χ0n) is 15.4. The molecule has 1 fully saturated rings. The number of para-hydroxylation sites is 1. The molecule has 0 spiro atoms. The lowest BCUT2D eigenvalue weighted by Gasteiger charge is -2.24. The van der Waals surface area contributed by atoms with Crippen LogP contribution in [-0.4, -0.2) is 47.2 Å². The third kappa shape index (κ3) is 3.06. The highest BCUT2D eigenvalue weighted by molar-refractivity contribution is 5.83. The van der Waals surface area contributed by atoms with Crippen molar-refractivity contribution in [1.82, 2.24) is 14.3 Å². The average Bonchev–Trinajstić information content (AvgIpc) is 3.01. The lowest BCUT2D eigenvalue weighted by Crippen LogP contribution is -3.14. The highest BCUT2D eigenvalue weighted by Gasteiger charge is 2.19. The number of ether oxygens (including phenoxy) is 1. The number of nitrogens with zero attached hydrogens (tertiary/aromatic N) is 3. The van der Waals surface area contributed by atoms with Gasteiger partial charge in [0.15, 0.2) is 0 Å². The maximum Gasteiger partial charge on any atom is 0.252 e. The first-order valence-corrected chi connectivity index (χ1v) is 9.21. The first-order valence-electron chi connectivity index (χ1n) is 9.21. The fourth-order valence-electron chi connectivity index (χ4n) is 3.81. The third-order valence-electron chi connectivity index (χ3n) is 5.18. The predicted molar refractivity (Wildman–Crippen MR) is 101 cm³/mol. The predicted octanol–water partition coefficient (Wildman–Crippen LogP) is 0.719. The van der Waals surface area contributed by atoms with E-state index in [2.05, 4.69) is 0 Å². The van der Waals surface area contributed by atoms with E-state index in [1.807, 2.05) is 53.4 Å². The molecular weight excluding hydrogens is 328 g/mol. The maximum absolute atomic E-state index is 12.8. The van der Waals surface area contributed by atoms with Crippen LogP contribution in [0.3, 0.4) is 0 Å². The minimum atomic E-state index is 0.0414. The van der Waals surface area contributed by atoms with Crippen LogP contribution in [0.15, 0.2) is 41.2 Å². The molecule has 1 aliphatic heterocycles. The molecule has 1 N–H and O–H groups in total. The third-order valence-corrected chi connectivity index (χ3v) is 5.18. The Morgan fingerprint density at radius 2 is 1.88 bits per heavy atom. The molecular formula is C20H25N4O2+. The van der Waals surface area contributed by atoms with Crippen molar-refractivity contribution in [3.05, 3.63) is 58.0 Å². The summed E-state index contributed by atoms with van der Waals surface area (Å²) >= 11 is 0. The second kappa shape index (κ2) is 7.05. The second-order valence-corrected chi connectivity index (χ2v) is 6.96. The van der Waals surface area contributed by atoms with E-state index in [1.54, 1.807) is 6.07 Å². The topological polar surface area (TPSA) is 53.5 Å². The molecule has 1 saturated heterocycles. The van der Waals surface area contributed by atoms with Crippen LogP contribution in [0.2, 0.25) is 0 Å². The van der Waals surface area contributed by atoms with E-state index in [0.717, 1.165) is 60.8 Å². The number of rotatable bonds is 4. The van der Waals surface area contributed by atoms with E-state index in [0.29, 0.717) is 6.54 Å². The van der Waals surface area contributed by atoms with E-state index in [9.17, 15) is 4.79 Å². The van der Waals surface area contributed by atoms with Gasteiger partial charge in [0.2, 0.25) is 0 Å². The Hall–Kier alpha value is -2.44. The molecule has 2 aromatic heterocycles. The molecule has 1 aromatic carbocycles. The Morgan fingerprint density at radius 1 is 1.15 bits per heavy atom. The van der Waals surface area contributed by atoms with Crippen LogP contribution >= 0.6 is 0 Å². The Labute approximate surface area is 152 Å². The maximum atomic E-state index is 12.8. The van der Waals surface area contributed by atoms with Crippen molar-refractivity contribution in [2.24, 2.45) is 0 Å². The summed E-state index contributed by atoms with van der Waals surface area (Å²) in [4.78, 5) is 14.3. The van der Waals surface area contributed by atoms with Crippen LogP contribution in [-0.2, 0) is 11.3 Å². The molecule has 0 aliphatic carbocycles. The number of benzene rings is 1. The lowest BCUT2D eigenvalue weighted by atomic mass is 10.1. The summed E-state index contributed by atoms with van der Waals surface area (Å²) in [5.41, 5.74) is 3.85. The van der Waals surface area contributed by atoms with Crippen molar-refractivity contribution >= 4 is 11.0 Å². The molecule has 6 nitrogen and oxygen atoms in total. The monoisotopic (exact) mass is 353 g/mol. The quantitative estimate of drug-likeness (QED) is 0.752. The molecule has 1 aliphatic rings. The van der Waals surface area contributed by atoms with Crippen LogP contribution in [0, 0.1) is 13.8 Å². The normalized spacial score (nSPS) is 15.6. The molecule has 0 unspecified atom stereocenters. The van der Waals surface area contributed by atoms with E-state index in [1.165, 1.54) is 4.90 Å². The number of aryl methyl sites for hydroxylation is 2. The first-order chi connectivity index (χ1) is 12.6. The van der Waals surface area contributed by atoms with Gasteiger partial charge in [-0.25, -0.2) is 4.68 Å². The van der Waals surface area contributed by atoms with Crippen LogP contribution < -0.4 is 10.5 Å². The van der Waals surface area contributed by atoms with Gasteiger partial charge in [0, 0.05) is 11.5 Å². The van der Waals surface area contributed by atoms with Crippen molar-refractivity contribution < 1.29 is 9.64 Å². The van der Waals surface area contributed by atoms with Crippen molar-refractivity contribution in [2.75, 3.05) is 32.8 Å². The summed E-state index contributed by atoms with van der Waals surface area (Å²) in [5, 5.41) is 5.82. The first kappa shape index (κ1) is 17.0. The number of pyridine rings is 1. The number of hydrogen-bond acceptors (Lipinski definition) is 3. The van der Waals surface area contributed by atoms with Crippen LogP contribution in [0.1, 0.15) is 11.3 Å². The number of hydrogen-bond donors (Lipinski definition) is 1. The summed E-state index contributed by atoms with van der Waals surface area (Å²) in [5.74, 6) is 0. The van der Waals surface area contributed by atoms with Gasteiger partial charge in [0.25, 0.3) is 5.56 Å². The van der Waals surface area contributed by atoms with Gasteiger partial charge in [-0.05, 0) is 31.5 Å². The van der Waals surface area contributed by atoms with Gasteiger partial charge in [-0.2, -0.15) is 5.10 Å². The lowest BCUT2D eigenvalue weighted by molar-refractivity contribution is -0.908. The molecule has 6 heteroatoms. The summed E-state index contributed by atoms with van der Waals surface area (Å²) in [6, 6.07) is 11.8. The highest BCUT2D eigenvalue weighted by Crippen LogP contribution is 2.23. The standard InChI is InChI=1S/C20H24N4O2/c1-15-14-18(25)23(9-8-22-10-12-26-13-11-22)20-19(15)16(2)21-24(20)17-6-4-3-5-7-17/h3-7,14H,8-13H2,1-2H3/p+1. The molecule has 3 aromatic rings. The van der Waals surface area contributed by atoms with Crippen molar-refractivity contribution in [3.63, 3.8) is 0 Å². The second-order valence-electron chi connectivity index (χ2n) is 6.96. The Bertz CT molecular complexity index is 969. The zero-order chi connectivity index (χ0) is 18.1. The van der Waals surface area contributed by atoms with Gasteiger partial charge in [-0.1, -0.05) is 18.2 Å². The molecule has 26 heavy (non-hydrogen) atoms. The molecule has 136 valence electrons. The molecule has 4 rings (SSSR count). The molecule has 0 bridgehead atoms. The van der Waals surface area contributed by atoms with E-state index >= 15 is 0 Å². The molecule has 3 heterocycles. The number of fused-ring (bicyclic) bond motifs is 1. The van der Waals surface area contributed by atoms with Crippen LogP contribution in [0.4, 0.5) is 0 Å². The Balaban J connectivity index is 1.82. The van der Waals surface area contributed by atoms with Gasteiger partial charge in [0.1, 0.15) is 18.7 Å². The SMILES string of the molecule is Cc1cc(=O)n(CC[NH+]2CCOCC2)c2c1c(C)nn2-c1ccccc1. The van der Waals surface area contributed by atoms with Crippen molar-refractivity contribution in [1.29, 1.82) is 0 Å². The summed E-state index contributed by atoms with van der Waals surface area (Å²) in [7, 11) is 0. The van der Waals surface area contributed by atoms with E-state index in [-0.39, 0.29) is 5.56 Å². The van der Waals surface area contributed by atoms with Gasteiger partial charge in [-0.15, -0.1) is 0 Å². The Kier molecular flexibility index (Phi) is 4.61. The minimum absolute atomic E-state index is 0.0414. The van der Waals surface area contributed by atoms with Crippen LogP contribution in [0.5, 0.6) is 0 Å². The largest absolute Gasteiger partial charge is 0.370 e. The number of morpholine rings is 1. The van der Waals surface area contributed by atoms with Gasteiger partial charge in [0.05, 0.1) is 37.7 Å². The number of aromatic nitrogens is 3. The van der Waals surface area contributed by atoms with Crippen molar-refractivity contribution in [2.45, 2.75) is 20.4 Å². The molecule has 0 saturated carbocycles. The summed E-state index contributed by atoms with van der Waals surface area (Å²) in [6.45, 7) is 9.20. The van der Waals surface area contributed by atoms with Crippen LogP contribution in [0.25, 0.3) is 16.7 Å². The Morgan fingerprint density at radius 3 is 2.62 bits per heavy atom. The minimum Gasteiger partial charge on any atom is -0.370 e. The molecule has 0 atom stereocenters. The molecule has 0 radical (unpaired) electrons. The van der Waals surface area contributed by atoms with Gasteiger partial charge >= 0.3 is 0 Å². The smallest absolute Gasteiger partial charge is 0.252 e. The van der Waals surface area contributed by atoms with E-state index in [4.69, 9.17) is 9.84 Å². The summed E-state index contributed by atoms with van der Waals surface area (Å²) in [6.07, 6.45) is 0. The fourth-order valence-corrected chi connectivity index (χ4v) is 3.81. The molecule has 0 amide bonds. The zero-order valence-corrected chi connectivity index (χ0v) is 15.4. The van der Waals surface area contributed by atoms with Crippen molar-refractivity contribution in [3.8, 4) is 5.69 Å². The highest BCUT2D eigenvalue weighted by atomic mass is 16.5. The fraction of sp³-hybridized carbons (Fsp3) is 0.400. The summed E-state index contributed by atoms with van der Waals surface area (Å²) < 4.78 is 9.24. The average molecular weight is 353 g/mol.